The van der Waals surface area contributed by atoms with E-state index < -0.39 is 0 Å². The Balaban J connectivity index is 2.81. The van der Waals surface area contributed by atoms with Crippen molar-refractivity contribution in [3.8, 4) is 0 Å². The lowest BCUT2D eigenvalue weighted by molar-refractivity contribution is 0.0993. The van der Waals surface area contributed by atoms with Gasteiger partial charge in [0, 0.05) is 11.3 Å². The number of Topliss-reactive ketones (excluding diaryl/α,β-unsaturated/α-hetero) is 1. The highest BCUT2D eigenvalue weighted by molar-refractivity contribution is 5.98. The minimum atomic E-state index is 0.0600. The highest BCUT2D eigenvalue weighted by Crippen LogP contribution is 2.06. The predicted molar refractivity (Wildman–Crippen MR) is 49.1 cm³/mol. The van der Waals surface area contributed by atoms with Crippen LogP contribution in [-0.4, -0.2) is 19.4 Å². The zero-order valence-electron chi connectivity index (χ0n) is 7.00. The number of nitrogens with one attached hydrogen (secondary N) is 1. The molecule has 0 bridgehead atoms. The van der Waals surface area contributed by atoms with Gasteiger partial charge < -0.3 is 11.1 Å². The van der Waals surface area contributed by atoms with Gasteiger partial charge in [0.05, 0.1) is 6.54 Å². The second kappa shape index (κ2) is 3.88. The number of hydrogen-bond acceptors (Lipinski definition) is 3. The third-order valence-corrected chi connectivity index (χ3v) is 1.55. The maximum atomic E-state index is 11.3. The fraction of sp³-hybridized carbons (Fsp3) is 0.222. The van der Waals surface area contributed by atoms with Crippen LogP contribution in [0.5, 0.6) is 0 Å². The number of carbonyl (C=O) groups is 1. The molecule has 3 N–H and O–H groups in total. The van der Waals surface area contributed by atoms with Gasteiger partial charge in [0.1, 0.15) is 0 Å². The van der Waals surface area contributed by atoms with E-state index in [1.807, 2.05) is 0 Å². The lowest BCUT2D eigenvalue weighted by Crippen LogP contribution is -2.18. The van der Waals surface area contributed by atoms with E-state index in [1.165, 1.54) is 0 Å². The molecule has 0 radical (unpaired) electrons. The van der Waals surface area contributed by atoms with Crippen molar-refractivity contribution in [3.05, 3.63) is 29.8 Å². The Morgan fingerprint density at radius 3 is 2.92 bits per heavy atom. The van der Waals surface area contributed by atoms with Gasteiger partial charge in [0.2, 0.25) is 0 Å². The number of rotatable bonds is 3. The van der Waals surface area contributed by atoms with Crippen LogP contribution in [0.4, 0.5) is 5.69 Å². The van der Waals surface area contributed by atoms with Crippen molar-refractivity contribution in [3.63, 3.8) is 0 Å². The quantitative estimate of drug-likeness (QED) is 0.510. The summed E-state index contributed by atoms with van der Waals surface area (Å²) in [5.74, 6) is 0.0600. The monoisotopic (exact) mass is 164 g/mol. The van der Waals surface area contributed by atoms with E-state index in [2.05, 4.69) is 5.32 Å². The molecule has 0 amide bonds. The van der Waals surface area contributed by atoms with Crippen molar-refractivity contribution >= 4 is 11.5 Å². The van der Waals surface area contributed by atoms with Crippen LogP contribution >= 0.6 is 0 Å². The molecule has 0 saturated carbocycles. The molecule has 0 aliphatic rings. The number of ketones is 1. The average molecular weight is 164 g/mol. The van der Waals surface area contributed by atoms with Crippen LogP contribution in [-0.2, 0) is 0 Å². The average Bonchev–Trinajstić information content (AvgIpc) is 2.05. The van der Waals surface area contributed by atoms with E-state index in [-0.39, 0.29) is 5.78 Å². The normalized spacial score (nSPS) is 9.75. The summed E-state index contributed by atoms with van der Waals surface area (Å²) in [4.78, 5) is 11.3. The third kappa shape index (κ3) is 2.07. The van der Waals surface area contributed by atoms with Crippen LogP contribution in [0.3, 0.4) is 0 Å². The minimum Gasteiger partial charge on any atom is -0.399 e. The first kappa shape index (κ1) is 8.74. The Kier molecular flexibility index (Phi) is 2.82. The standard InChI is InChI=1S/C9H12N2O/c1-11-6-9(12)7-3-2-4-8(10)5-7/h2-5,11H,6,10H2,1H3. The van der Waals surface area contributed by atoms with Gasteiger partial charge in [0.25, 0.3) is 0 Å². The van der Waals surface area contributed by atoms with Crippen molar-refractivity contribution in [1.29, 1.82) is 0 Å². The first-order valence-corrected chi connectivity index (χ1v) is 3.77. The molecule has 0 unspecified atom stereocenters. The summed E-state index contributed by atoms with van der Waals surface area (Å²) in [5, 5.41) is 2.80. The molecule has 0 aliphatic heterocycles. The van der Waals surface area contributed by atoms with Gasteiger partial charge in [0.15, 0.2) is 5.78 Å². The van der Waals surface area contributed by atoms with Crippen molar-refractivity contribution in [1.82, 2.24) is 5.32 Å². The highest BCUT2D eigenvalue weighted by atomic mass is 16.1. The molecule has 3 nitrogen and oxygen atoms in total. The van der Waals surface area contributed by atoms with Crippen LogP contribution in [0, 0.1) is 0 Å². The molecule has 3 heteroatoms. The molecule has 64 valence electrons. The third-order valence-electron chi connectivity index (χ3n) is 1.55. The van der Waals surface area contributed by atoms with Gasteiger partial charge in [-0.05, 0) is 19.2 Å². The molecule has 1 aromatic rings. The molecule has 0 saturated heterocycles. The van der Waals surface area contributed by atoms with Crippen molar-refractivity contribution < 1.29 is 4.79 Å². The molecule has 1 aromatic carbocycles. The molecule has 0 heterocycles. The number of nitrogen functional groups attached to an aromatic ring is 1. The summed E-state index contributed by atoms with van der Waals surface area (Å²) in [6, 6.07) is 6.98. The number of anilines is 1. The van der Waals surface area contributed by atoms with Gasteiger partial charge in [-0.25, -0.2) is 0 Å². The fourth-order valence-electron chi connectivity index (χ4n) is 0.975. The Morgan fingerprint density at radius 2 is 2.33 bits per heavy atom. The Bertz CT molecular complexity index is 284. The summed E-state index contributed by atoms with van der Waals surface area (Å²) in [6.45, 7) is 0.351. The van der Waals surface area contributed by atoms with Crippen molar-refractivity contribution in [2.24, 2.45) is 0 Å². The van der Waals surface area contributed by atoms with E-state index in [0.29, 0.717) is 17.8 Å². The molecule has 0 aromatic heterocycles. The van der Waals surface area contributed by atoms with Crippen LogP contribution in [0.25, 0.3) is 0 Å². The molecule has 0 fully saturated rings. The summed E-state index contributed by atoms with van der Waals surface area (Å²) < 4.78 is 0. The summed E-state index contributed by atoms with van der Waals surface area (Å²) >= 11 is 0. The summed E-state index contributed by atoms with van der Waals surface area (Å²) in [6.07, 6.45) is 0. The predicted octanol–water partition coefficient (Wildman–Crippen LogP) is 0.671. The van der Waals surface area contributed by atoms with E-state index >= 15 is 0 Å². The second-order valence-electron chi connectivity index (χ2n) is 2.58. The van der Waals surface area contributed by atoms with Gasteiger partial charge in [-0.1, -0.05) is 12.1 Å². The topological polar surface area (TPSA) is 55.1 Å². The Morgan fingerprint density at radius 1 is 1.58 bits per heavy atom. The maximum Gasteiger partial charge on any atom is 0.176 e. The number of benzene rings is 1. The molecular formula is C9H12N2O. The van der Waals surface area contributed by atoms with Crippen LogP contribution in [0.2, 0.25) is 0 Å². The smallest absolute Gasteiger partial charge is 0.176 e. The van der Waals surface area contributed by atoms with E-state index in [0.717, 1.165) is 0 Å². The highest BCUT2D eigenvalue weighted by Gasteiger charge is 2.02. The van der Waals surface area contributed by atoms with Gasteiger partial charge >= 0.3 is 0 Å². The number of nitrogens with two attached hydrogens (primary N) is 1. The van der Waals surface area contributed by atoms with E-state index in [1.54, 1.807) is 31.3 Å². The lowest BCUT2D eigenvalue weighted by atomic mass is 10.1. The minimum absolute atomic E-state index is 0.0600. The molecule has 0 spiro atoms. The molecule has 0 atom stereocenters. The zero-order chi connectivity index (χ0) is 8.97. The Labute approximate surface area is 71.6 Å². The Hall–Kier alpha value is -1.35. The van der Waals surface area contributed by atoms with Crippen molar-refractivity contribution in [2.75, 3.05) is 19.3 Å². The van der Waals surface area contributed by atoms with Crippen LogP contribution in [0.15, 0.2) is 24.3 Å². The SMILES string of the molecule is CNCC(=O)c1cccc(N)c1. The molecular weight excluding hydrogens is 152 g/mol. The fourth-order valence-corrected chi connectivity index (χ4v) is 0.975. The van der Waals surface area contributed by atoms with E-state index in [9.17, 15) is 4.79 Å². The lowest BCUT2D eigenvalue weighted by Gasteiger charge is -2.00. The van der Waals surface area contributed by atoms with E-state index in [4.69, 9.17) is 5.73 Å². The van der Waals surface area contributed by atoms with Crippen molar-refractivity contribution in [2.45, 2.75) is 0 Å². The largest absolute Gasteiger partial charge is 0.399 e. The van der Waals surface area contributed by atoms with Gasteiger partial charge in [-0.3, -0.25) is 4.79 Å². The molecule has 0 aliphatic carbocycles. The number of carbonyl (C=O) groups excluding carboxylic acids is 1. The second-order valence-corrected chi connectivity index (χ2v) is 2.58. The van der Waals surface area contributed by atoms with Crippen LogP contribution < -0.4 is 11.1 Å². The molecule has 12 heavy (non-hydrogen) atoms. The summed E-state index contributed by atoms with van der Waals surface area (Å²) in [7, 11) is 1.74. The molecule has 1 rings (SSSR count). The van der Waals surface area contributed by atoms with Crippen LogP contribution in [0.1, 0.15) is 10.4 Å². The maximum absolute atomic E-state index is 11.3. The number of likely N-dealkylation sites (N-methyl/N-ethyl adjacent to an activating group) is 1. The number of hydrogen-bond donors (Lipinski definition) is 2. The first-order chi connectivity index (χ1) is 5.74. The zero-order valence-corrected chi connectivity index (χ0v) is 7.00. The summed E-state index contributed by atoms with van der Waals surface area (Å²) in [5.41, 5.74) is 6.80. The van der Waals surface area contributed by atoms with Gasteiger partial charge in [-0.2, -0.15) is 0 Å². The first-order valence-electron chi connectivity index (χ1n) is 3.77. The van der Waals surface area contributed by atoms with Gasteiger partial charge in [-0.15, -0.1) is 0 Å².